The van der Waals surface area contributed by atoms with Gasteiger partial charge < -0.3 is 15.2 Å². The predicted molar refractivity (Wildman–Crippen MR) is 65.8 cm³/mol. The first-order chi connectivity index (χ1) is 8.50. The van der Waals surface area contributed by atoms with Crippen molar-refractivity contribution in [3.05, 3.63) is 30.1 Å². The number of amides is 1. The number of aliphatic hydroxyl groups is 1. The van der Waals surface area contributed by atoms with Crippen LogP contribution in [0.4, 0.5) is 4.39 Å². The first-order valence-electron chi connectivity index (χ1n) is 5.87. The monoisotopic (exact) mass is 255 g/mol. The Hall–Kier alpha value is -1.62. The minimum absolute atomic E-state index is 0.0516. The number of benzene rings is 1. The second kappa shape index (κ2) is 6.96. The number of halogens is 1. The molecule has 2 unspecified atom stereocenters. The lowest BCUT2D eigenvalue weighted by molar-refractivity contribution is -0.127. The van der Waals surface area contributed by atoms with E-state index in [-0.39, 0.29) is 11.7 Å². The lowest BCUT2D eigenvalue weighted by Gasteiger charge is -2.15. The Morgan fingerprint density at radius 2 is 2.11 bits per heavy atom. The van der Waals surface area contributed by atoms with Gasteiger partial charge in [0.05, 0.1) is 6.10 Å². The molecule has 0 heterocycles. The number of ether oxygens (including phenoxy) is 1. The highest BCUT2D eigenvalue weighted by atomic mass is 19.1. The lowest BCUT2D eigenvalue weighted by Crippen LogP contribution is -2.37. The number of aliphatic hydroxyl groups excluding tert-OH is 1. The van der Waals surface area contributed by atoms with E-state index in [1.807, 2.05) is 0 Å². The van der Waals surface area contributed by atoms with Crippen LogP contribution < -0.4 is 10.1 Å². The highest BCUT2D eigenvalue weighted by molar-refractivity contribution is 5.80. The van der Waals surface area contributed by atoms with Gasteiger partial charge in [0, 0.05) is 6.54 Å². The minimum atomic E-state index is -0.782. The maximum Gasteiger partial charge on any atom is 0.260 e. The second-order valence-corrected chi connectivity index (χ2v) is 4.12. The quantitative estimate of drug-likeness (QED) is 0.809. The standard InChI is InChI=1S/C13H18FNO3/c1-9(16)7-8-15-13(17)10(2)18-12-6-4-3-5-11(12)14/h3-6,9-10,16H,7-8H2,1-2H3,(H,15,17). The number of hydrogen-bond acceptors (Lipinski definition) is 3. The highest BCUT2D eigenvalue weighted by Gasteiger charge is 2.15. The van der Waals surface area contributed by atoms with E-state index in [4.69, 9.17) is 9.84 Å². The largest absolute Gasteiger partial charge is 0.478 e. The Kier molecular flexibility index (Phi) is 5.58. The molecule has 2 atom stereocenters. The molecule has 1 rings (SSSR count). The molecule has 2 N–H and O–H groups in total. The molecule has 1 aromatic rings. The van der Waals surface area contributed by atoms with Crippen LogP contribution in [0, 0.1) is 5.82 Å². The van der Waals surface area contributed by atoms with E-state index >= 15 is 0 Å². The van der Waals surface area contributed by atoms with E-state index < -0.39 is 18.0 Å². The molecular formula is C13H18FNO3. The van der Waals surface area contributed by atoms with Crippen LogP contribution in [0.25, 0.3) is 0 Å². The van der Waals surface area contributed by atoms with Crippen LogP contribution in [0.2, 0.25) is 0 Å². The van der Waals surface area contributed by atoms with Crippen LogP contribution in [-0.2, 0) is 4.79 Å². The van der Waals surface area contributed by atoms with Gasteiger partial charge >= 0.3 is 0 Å². The van der Waals surface area contributed by atoms with Gasteiger partial charge in [0.25, 0.3) is 5.91 Å². The molecule has 1 aromatic carbocycles. The van der Waals surface area contributed by atoms with Crippen molar-refractivity contribution < 1.29 is 19.0 Å². The predicted octanol–water partition coefficient (Wildman–Crippen LogP) is 1.48. The van der Waals surface area contributed by atoms with E-state index in [0.717, 1.165) is 0 Å². The SMILES string of the molecule is CC(O)CCNC(=O)C(C)Oc1ccccc1F. The average Bonchev–Trinajstić information content (AvgIpc) is 2.31. The molecule has 0 bridgehead atoms. The zero-order valence-electron chi connectivity index (χ0n) is 10.5. The van der Waals surface area contributed by atoms with Crippen molar-refractivity contribution in [3.8, 4) is 5.75 Å². The van der Waals surface area contributed by atoms with Gasteiger partial charge in [-0.15, -0.1) is 0 Å². The normalized spacial score (nSPS) is 13.8. The second-order valence-electron chi connectivity index (χ2n) is 4.12. The van der Waals surface area contributed by atoms with Crippen LogP contribution in [0.3, 0.4) is 0 Å². The summed E-state index contributed by atoms with van der Waals surface area (Å²) >= 11 is 0. The lowest BCUT2D eigenvalue weighted by atomic mass is 10.2. The van der Waals surface area contributed by atoms with Gasteiger partial charge in [-0.05, 0) is 32.4 Å². The summed E-state index contributed by atoms with van der Waals surface area (Å²) in [6.07, 6.45) is -0.776. The number of hydrogen-bond donors (Lipinski definition) is 2. The molecule has 0 radical (unpaired) electrons. The van der Waals surface area contributed by atoms with Crippen molar-refractivity contribution in [1.29, 1.82) is 0 Å². The first kappa shape index (κ1) is 14.4. The maximum absolute atomic E-state index is 13.3. The third kappa shape index (κ3) is 4.71. The third-order valence-electron chi connectivity index (χ3n) is 2.37. The number of carbonyl (C=O) groups excluding carboxylic acids is 1. The number of carbonyl (C=O) groups is 1. The molecule has 0 saturated carbocycles. The fourth-order valence-electron chi connectivity index (χ4n) is 1.33. The van der Waals surface area contributed by atoms with Crippen molar-refractivity contribution in [2.75, 3.05) is 6.54 Å². The summed E-state index contributed by atoms with van der Waals surface area (Å²) in [6.45, 7) is 3.55. The molecule has 4 nitrogen and oxygen atoms in total. The van der Waals surface area contributed by atoms with Crippen LogP contribution in [0.5, 0.6) is 5.75 Å². The summed E-state index contributed by atoms with van der Waals surface area (Å²) in [7, 11) is 0. The van der Waals surface area contributed by atoms with E-state index in [2.05, 4.69) is 5.32 Å². The fourth-order valence-corrected chi connectivity index (χ4v) is 1.33. The van der Waals surface area contributed by atoms with Crippen molar-refractivity contribution >= 4 is 5.91 Å². The van der Waals surface area contributed by atoms with Gasteiger partial charge in [0.2, 0.25) is 0 Å². The third-order valence-corrected chi connectivity index (χ3v) is 2.37. The molecule has 0 aliphatic rings. The molecule has 100 valence electrons. The summed E-state index contributed by atoms with van der Waals surface area (Å²) in [5, 5.41) is 11.7. The van der Waals surface area contributed by atoms with Gasteiger partial charge in [-0.3, -0.25) is 4.79 Å². The number of rotatable bonds is 6. The van der Waals surface area contributed by atoms with E-state index in [1.165, 1.54) is 12.1 Å². The van der Waals surface area contributed by atoms with Crippen molar-refractivity contribution in [2.45, 2.75) is 32.5 Å². The van der Waals surface area contributed by atoms with Gasteiger partial charge in [0.15, 0.2) is 17.7 Å². The van der Waals surface area contributed by atoms with E-state index in [0.29, 0.717) is 13.0 Å². The zero-order chi connectivity index (χ0) is 13.5. The Morgan fingerprint density at radius 1 is 1.44 bits per heavy atom. The van der Waals surface area contributed by atoms with Crippen molar-refractivity contribution in [2.24, 2.45) is 0 Å². The van der Waals surface area contributed by atoms with Crippen LogP contribution in [0.1, 0.15) is 20.3 Å². The van der Waals surface area contributed by atoms with Gasteiger partial charge in [-0.2, -0.15) is 0 Å². The van der Waals surface area contributed by atoms with Crippen molar-refractivity contribution in [3.63, 3.8) is 0 Å². The minimum Gasteiger partial charge on any atom is -0.478 e. The summed E-state index contributed by atoms with van der Waals surface area (Å²) < 4.78 is 18.5. The van der Waals surface area contributed by atoms with Crippen molar-refractivity contribution in [1.82, 2.24) is 5.32 Å². The van der Waals surface area contributed by atoms with E-state index in [9.17, 15) is 9.18 Å². The van der Waals surface area contributed by atoms with E-state index in [1.54, 1.807) is 26.0 Å². The Bertz CT molecular complexity index is 396. The topological polar surface area (TPSA) is 58.6 Å². The zero-order valence-corrected chi connectivity index (χ0v) is 10.5. The molecule has 5 heteroatoms. The number of nitrogens with one attached hydrogen (secondary N) is 1. The molecule has 0 aromatic heterocycles. The Labute approximate surface area is 106 Å². The first-order valence-corrected chi connectivity index (χ1v) is 5.87. The molecule has 0 aliphatic carbocycles. The molecular weight excluding hydrogens is 237 g/mol. The molecule has 0 aliphatic heterocycles. The maximum atomic E-state index is 13.3. The molecule has 0 spiro atoms. The summed E-state index contributed by atoms with van der Waals surface area (Å²) in [6, 6.07) is 5.92. The van der Waals surface area contributed by atoms with Crippen LogP contribution >= 0.6 is 0 Å². The Balaban J connectivity index is 2.43. The fraction of sp³-hybridized carbons (Fsp3) is 0.462. The molecule has 0 fully saturated rings. The van der Waals surface area contributed by atoms with Gasteiger partial charge in [-0.1, -0.05) is 12.1 Å². The highest BCUT2D eigenvalue weighted by Crippen LogP contribution is 2.16. The van der Waals surface area contributed by atoms with Gasteiger partial charge in [0.1, 0.15) is 0 Å². The van der Waals surface area contributed by atoms with Crippen LogP contribution in [0.15, 0.2) is 24.3 Å². The summed E-state index contributed by atoms with van der Waals surface area (Å²) in [5.74, 6) is -0.782. The number of para-hydroxylation sites is 1. The molecule has 18 heavy (non-hydrogen) atoms. The average molecular weight is 255 g/mol. The Morgan fingerprint density at radius 3 is 2.72 bits per heavy atom. The smallest absolute Gasteiger partial charge is 0.260 e. The van der Waals surface area contributed by atoms with Crippen LogP contribution in [-0.4, -0.2) is 29.8 Å². The summed E-state index contributed by atoms with van der Waals surface area (Å²) in [4.78, 5) is 11.6. The summed E-state index contributed by atoms with van der Waals surface area (Å²) in [5.41, 5.74) is 0. The van der Waals surface area contributed by atoms with Gasteiger partial charge in [-0.25, -0.2) is 4.39 Å². The molecule has 1 amide bonds. The molecule has 0 saturated heterocycles.